The number of hydrogen-bond acceptors (Lipinski definition) is 3. The van der Waals surface area contributed by atoms with Gasteiger partial charge in [0, 0.05) is 23.2 Å². The number of amides is 1. The number of nitrogens with one attached hydrogen (secondary N) is 2. The fourth-order valence-corrected chi connectivity index (χ4v) is 2.35. The Morgan fingerprint density at radius 3 is 2.72 bits per heavy atom. The van der Waals surface area contributed by atoms with Crippen LogP contribution in [0.2, 0.25) is 0 Å². The van der Waals surface area contributed by atoms with Gasteiger partial charge in [0.25, 0.3) is 5.91 Å². The third-order valence-electron chi connectivity index (χ3n) is 2.63. The summed E-state index contributed by atoms with van der Waals surface area (Å²) in [5.41, 5.74) is 3.58. The first-order valence-corrected chi connectivity index (χ1v) is 6.83. The van der Waals surface area contributed by atoms with Crippen molar-refractivity contribution >= 4 is 28.6 Å². The zero-order valence-electron chi connectivity index (χ0n) is 10.5. The fourth-order valence-electron chi connectivity index (χ4n) is 1.77. The molecule has 2 N–H and O–H groups in total. The number of rotatable bonds is 4. The average Bonchev–Trinajstić information content (AvgIpc) is 2.82. The maximum absolute atomic E-state index is 12.1. The van der Waals surface area contributed by atoms with Gasteiger partial charge in [0.05, 0.1) is 5.69 Å². The monoisotopic (exact) mass is 260 g/mol. The van der Waals surface area contributed by atoms with E-state index < -0.39 is 0 Å². The Bertz CT molecular complexity index is 535. The second kappa shape index (κ2) is 5.69. The molecule has 0 aliphatic heterocycles. The summed E-state index contributed by atoms with van der Waals surface area (Å²) in [6.45, 7) is 4.87. The Labute approximate surface area is 111 Å². The van der Waals surface area contributed by atoms with Crippen molar-refractivity contribution in [3.05, 3.63) is 46.2 Å². The molecule has 0 saturated heterocycles. The van der Waals surface area contributed by atoms with Gasteiger partial charge >= 0.3 is 0 Å². The predicted molar refractivity (Wildman–Crippen MR) is 77.6 cm³/mol. The van der Waals surface area contributed by atoms with Gasteiger partial charge in [0.2, 0.25) is 0 Å². The SMILES string of the molecule is CCNc1ccc(C(=O)Nc2ccsc2)c(C)c1. The van der Waals surface area contributed by atoms with E-state index in [2.05, 4.69) is 10.6 Å². The molecule has 0 bridgehead atoms. The summed E-state index contributed by atoms with van der Waals surface area (Å²) in [6.07, 6.45) is 0. The summed E-state index contributed by atoms with van der Waals surface area (Å²) in [5.74, 6) is -0.0612. The zero-order chi connectivity index (χ0) is 13.0. The number of benzene rings is 1. The number of anilines is 2. The lowest BCUT2D eigenvalue weighted by Crippen LogP contribution is -2.13. The molecule has 94 valence electrons. The second-order valence-corrected chi connectivity index (χ2v) is 4.81. The smallest absolute Gasteiger partial charge is 0.255 e. The summed E-state index contributed by atoms with van der Waals surface area (Å²) in [4.78, 5) is 12.1. The van der Waals surface area contributed by atoms with Crippen molar-refractivity contribution in [2.75, 3.05) is 17.2 Å². The van der Waals surface area contributed by atoms with Crippen LogP contribution >= 0.6 is 11.3 Å². The standard InChI is InChI=1S/C14H16N2OS/c1-3-15-11-4-5-13(10(2)8-11)14(17)16-12-6-7-18-9-12/h4-9,15H,3H2,1-2H3,(H,16,17). The highest BCUT2D eigenvalue weighted by molar-refractivity contribution is 7.08. The van der Waals surface area contributed by atoms with Crippen molar-refractivity contribution in [1.82, 2.24) is 0 Å². The normalized spacial score (nSPS) is 10.1. The molecule has 0 spiro atoms. The van der Waals surface area contributed by atoms with Gasteiger partial charge in [-0.3, -0.25) is 4.79 Å². The van der Waals surface area contributed by atoms with Crippen molar-refractivity contribution in [2.24, 2.45) is 0 Å². The van der Waals surface area contributed by atoms with E-state index in [4.69, 9.17) is 0 Å². The third-order valence-corrected chi connectivity index (χ3v) is 3.31. The molecule has 0 fully saturated rings. The first-order chi connectivity index (χ1) is 8.70. The Balaban J connectivity index is 2.15. The summed E-state index contributed by atoms with van der Waals surface area (Å²) < 4.78 is 0. The van der Waals surface area contributed by atoms with E-state index in [0.29, 0.717) is 5.56 Å². The van der Waals surface area contributed by atoms with Crippen molar-refractivity contribution in [2.45, 2.75) is 13.8 Å². The van der Waals surface area contributed by atoms with Gasteiger partial charge < -0.3 is 10.6 Å². The Morgan fingerprint density at radius 2 is 2.11 bits per heavy atom. The Morgan fingerprint density at radius 1 is 1.28 bits per heavy atom. The highest BCUT2D eigenvalue weighted by atomic mass is 32.1. The molecule has 0 atom stereocenters. The number of carbonyl (C=O) groups excluding carboxylic acids is 1. The first-order valence-electron chi connectivity index (χ1n) is 5.88. The highest BCUT2D eigenvalue weighted by Crippen LogP contribution is 2.18. The van der Waals surface area contributed by atoms with Crippen molar-refractivity contribution < 1.29 is 4.79 Å². The van der Waals surface area contributed by atoms with Crippen LogP contribution in [-0.2, 0) is 0 Å². The van der Waals surface area contributed by atoms with Crippen LogP contribution in [0.5, 0.6) is 0 Å². The topological polar surface area (TPSA) is 41.1 Å². The molecule has 18 heavy (non-hydrogen) atoms. The maximum atomic E-state index is 12.1. The van der Waals surface area contributed by atoms with Gasteiger partial charge in [-0.25, -0.2) is 0 Å². The molecular weight excluding hydrogens is 244 g/mol. The molecule has 0 saturated carbocycles. The van der Waals surface area contributed by atoms with E-state index >= 15 is 0 Å². The van der Waals surface area contributed by atoms with E-state index in [1.165, 1.54) is 0 Å². The van der Waals surface area contributed by atoms with Crippen LogP contribution in [0, 0.1) is 6.92 Å². The minimum atomic E-state index is -0.0612. The third kappa shape index (κ3) is 2.90. The van der Waals surface area contributed by atoms with Gasteiger partial charge in [0.1, 0.15) is 0 Å². The molecule has 4 heteroatoms. The van der Waals surface area contributed by atoms with Crippen LogP contribution < -0.4 is 10.6 Å². The maximum Gasteiger partial charge on any atom is 0.255 e. The Kier molecular flexibility index (Phi) is 3.99. The predicted octanol–water partition coefficient (Wildman–Crippen LogP) is 3.74. The number of carbonyl (C=O) groups is 1. The number of aryl methyl sites for hydroxylation is 1. The molecular formula is C14H16N2OS. The summed E-state index contributed by atoms with van der Waals surface area (Å²) in [5, 5.41) is 9.97. The van der Waals surface area contributed by atoms with E-state index in [-0.39, 0.29) is 5.91 Å². The number of thiophene rings is 1. The summed E-state index contributed by atoms with van der Waals surface area (Å²) in [7, 11) is 0. The largest absolute Gasteiger partial charge is 0.385 e. The quantitative estimate of drug-likeness (QED) is 0.879. The van der Waals surface area contributed by atoms with Crippen molar-refractivity contribution in [1.29, 1.82) is 0 Å². The lowest BCUT2D eigenvalue weighted by Gasteiger charge is -2.09. The fraction of sp³-hybridized carbons (Fsp3) is 0.214. The lowest BCUT2D eigenvalue weighted by atomic mass is 10.1. The molecule has 2 rings (SSSR count). The molecule has 1 aromatic carbocycles. The Hall–Kier alpha value is -1.81. The van der Waals surface area contributed by atoms with Gasteiger partial charge in [0.15, 0.2) is 0 Å². The molecule has 0 unspecified atom stereocenters. The van der Waals surface area contributed by atoms with E-state index in [9.17, 15) is 4.79 Å². The molecule has 0 radical (unpaired) electrons. The number of hydrogen-bond donors (Lipinski definition) is 2. The van der Waals surface area contributed by atoms with E-state index in [1.807, 2.05) is 48.9 Å². The molecule has 3 nitrogen and oxygen atoms in total. The summed E-state index contributed by atoms with van der Waals surface area (Å²) in [6, 6.07) is 7.67. The first kappa shape index (κ1) is 12.6. The van der Waals surface area contributed by atoms with E-state index in [0.717, 1.165) is 23.5 Å². The molecule has 2 aromatic rings. The average molecular weight is 260 g/mol. The van der Waals surface area contributed by atoms with Crippen LogP contribution in [-0.4, -0.2) is 12.5 Å². The van der Waals surface area contributed by atoms with Crippen LogP contribution in [0.15, 0.2) is 35.0 Å². The lowest BCUT2D eigenvalue weighted by molar-refractivity contribution is 0.102. The molecule has 1 heterocycles. The highest BCUT2D eigenvalue weighted by Gasteiger charge is 2.09. The minimum absolute atomic E-state index is 0.0612. The van der Waals surface area contributed by atoms with Crippen LogP contribution in [0.1, 0.15) is 22.8 Å². The zero-order valence-corrected chi connectivity index (χ0v) is 11.3. The van der Waals surface area contributed by atoms with Crippen molar-refractivity contribution in [3.63, 3.8) is 0 Å². The van der Waals surface area contributed by atoms with Crippen molar-refractivity contribution in [3.8, 4) is 0 Å². The van der Waals surface area contributed by atoms with E-state index in [1.54, 1.807) is 11.3 Å². The van der Waals surface area contributed by atoms with Crippen LogP contribution in [0.4, 0.5) is 11.4 Å². The molecule has 0 aliphatic rings. The summed E-state index contributed by atoms with van der Waals surface area (Å²) >= 11 is 1.57. The molecule has 1 aromatic heterocycles. The minimum Gasteiger partial charge on any atom is -0.385 e. The van der Waals surface area contributed by atoms with Gasteiger partial charge in [-0.15, -0.1) is 0 Å². The molecule has 0 aliphatic carbocycles. The van der Waals surface area contributed by atoms with Gasteiger partial charge in [-0.1, -0.05) is 0 Å². The van der Waals surface area contributed by atoms with Crippen LogP contribution in [0.25, 0.3) is 0 Å². The van der Waals surface area contributed by atoms with Crippen LogP contribution in [0.3, 0.4) is 0 Å². The van der Waals surface area contributed by atoms with Gasteiger partial charge in [-0.2, -0.15) is 11.3 Å². The van der Waals surface area contributed by atoms with Gasteiger partial charge in [-0.05, 0) is 49.1 Å². The second-order valence-electron chi connectivity index (χ2n) is 4.03. The molecule has 1 amide bonds.